The van der Waals surface area contributed by atoms with Gasteiger partial charge in [-0.25, -0.2) is 0 Å². The monoisotopic (exact) mass is 348 g/mol. The smallest absolute Gasteiger partial charge is 0.224 e. The second-order valence-corrected chi connectivity index (χ2v) is 5.51. The number of β-amino-alcohol motifs (C(OH)–C–C–N with tert-alkyl or cyclic N) is 1. The molecule has 3 N–H and O–H groups in total. The second-order valence-electron chi connectivity index (χ2n) is 4.59. The van der Waals surface area contributed by atoms with Crippen molar-refractivity contribution in [3.8, 4) is 0 Å². The first kappa shape index (κ1) is 16.4. The fourth-order valence-electron chi connectivity index (χ4n) is 2.02. The summed E-state index contributed by atoms with van der Waals surface area (Å²) in [7, 11) is 0. The van der Waals surface area contributed by atoms with Crippen LogP contribution in [0.4, 0.5) is 0 Å². The molecule has 0 bridgehead atoms. The molecule has 1 fully saturated rings. The van der Waals surface area contributed by atoms with Gasteiger partial charge in [0, 0.05) is 30.0 Å². The predicted molar refractivity (Wildman–Crippen MR) is 80.5 cm³/mol. The Balaban J connectivity index is 0.00000180. The lowest BCUT2D eigenvalue weighted by Crippen LogP contribution is -2.35. The first-order valence-electron chi connectivity index (χ1n) is 6.05. The Bertz CT molecular complexity index is 414. The lowest BCUT2D eigenvalue weighted by atomic mass is 10.1. The van der Waals surface area contributed by atoms with Crippen LogP contribution in [-0.4, -0.2) is 36.8 Å². The molecule has 1 saturated heterocycles. The number of amides is 1. The summed E-state index contributed by atoms with van der Waals surface area (Å²) in [5, 5.41) is 15.6. The fourth-order valence-corrected chi connectivity index (χ4v) is 2.29. The van der Waals surface area contributed by atoms with Crippen LogP contribution in [0.2, 0.25) is 0 Å². The summed E-state index contributed by atoms with van der Waals surface area (Å²) in [6.07, 6.45) is 0.0294. The highest BCUT2D eigenvalue weighted by molar-refractivity contribution is 9.10. The highest BCUT2D eigenvalue weighted by Crippen LogP contribution is 2.11. The number of rotatable bonds is 4. The zero-order chi connectivity index (χ0) is 13.0. The summed E-state index contributed by atoms with van der Waals surface area (Å²) < 4.78 is 1.01. The largest absolute Gasteiger partial charge is 0.391 e. The SMILES string of the molecule is Cl.O=C(Cc1ccc(Br)cc1)NCC1CNCC1O. The van der Waals surface area contributed by atoms with Crippen molar-refractivity contribution in [1.82, 2.24) is 10.6 Å². The average molecular weight is 350 g/mol. The van der Waals surface area contributed by atoms with Crippen LogP contribution >= 0.6 is 28.3 Å². The van der Waals surface area contributed by atoms with Crippen molar-refractivity contribution in [3.05, 3.63) is 34.3 Å². The molecule has 0 saturated carbocycles. The maximum Gasteiger partial charge on any atom is 0.224 e. The van der Waals surface area contributed by atoms with Crippen molar-refractivity contribution >= 4 is 34.2 Å². The van der Waals surface area contributed by atoms with E-state index in [1.165, 1.54) is 0 Å². The maximum atomic E-state index is 11.7. The fraction of sp³-hybridized carbons (Fsp3) is 0.462. The van der Waals surface area contributed by atoms with Crippen molar-refractivity contribution in [2.24, 2.45) is 5.92 Å². The van der Waals surface area contributed by atoms with Gasteiger partial charge in [-0.2, -0.15) is 0 Å². The highest BCUT2D eigenvalue weighted by Gasteiger charge is 2.24. The zero-order valence-electron chi connectivity index (χ0n) is 10.4. The van der Waals surface area contributed by atoms with Crippen LogP contribution in [0, 0.1) is 5.92 Å². The summed E-state index contributed by atoms with van der Waals surface area (Å²) in [6.45, 7) is 1.91. The minimum atomic E-state index is -0.349. The number of aliphatic hydroxyl groups is 1. The van der Waals surface area contributed by atoms with E-state index in [0.29, 0.717) is 19.5 Å². The molecule has 19 heavy (non-hydrogen) atoms. The molecule has 6 heteroatoms. The zero-order valence-corrected chi connectivity index (χ0v) is 12.8. The molecule has 0 aromatic heterocycles. The van der Waals surface area contributed by atoms with Gasteiger partial charge in [0.1, 0.15) is 0 Å². The minimum Gasteiger partial charge on any atom is -0.391 e. The molecule has 2 unspecified atom stereocenters. The number of halogens is 2. The first-order valence-corrected chi connectivity index (χ1v) is 6.84. The van der Waals surface area contributed by atoms with E-state index in [9.17, 15) is 9.90 Å². The Morgan fingerprint density at radius 1 is 1.37 bits per heavy atom. The minimum absolute atomic E-state index is 0. The quantitative estimate of drug-likeness (QED) is 0.763. The molecule has 106 valence electrons. The Hall–Kier alpha value is -0.620. The van der Waals surface area contributed by atoms with Crippen LogP contribution < -0.4 is 10.6 Å². The van der Waals surface area contributed by atoms with E-state index in [1.807, 2.05) is 24.3 Å². The van der Waals surface area contributed by atoms with Crippen molar-refractivity contribution < 1.29 is 9.90 Å². The van der Waals surface area contributed by atoms with Crippen LogP contribution in [0.5, 0.6) is 0 Å². The Kier molecular flexibility index (Phi) is 6.79. The Labute approximate surface area is 127 Å². The van der Waals surface area contributed by atoms with Gasteiger partial charge in [0.25, 0.3) is 0 Å². The van der Waals surface area contributed by atoms with Crippen molar-refractivity contribution in [3.63, 3.8) is 0 Å². The number of benzene rings is 1. The Morgan fingerprint density at radius 2 is 2.05 bits per heavy atom. The van der Waals surface area contributed by atoms with E-state index < -0.39 is 0 Å². The summed E-state index contributed by atoms with van der Waals surface area (Å²) in [6, 6.07) is 7.70. The predicted octanol–water partition coefficient (Wildman–Crippen LogP) is 1.11. The van der Waals surface area contributed by atoms with Crippen LogP contribution in [0.3, 0.4) is 0 Å². The number of hydrogen-bond donors (Lipinski definition) is 3. The van der Waals surface area contributed by atoms with E-state index in [1.54, 1.807) is 0 Å². The third-order valence-electron chi connectivity index (χ3n) is 3.14. The normalized spacial score (nSPS) is 21.8. The number of carbonyl (C=O) groups is 1. The number of hydrogen-bond acceptors (Lipinski definition) is 3. The van der Waals surface area contributed by atoms with E-state index in [-0.39, 0.29) is 30.3 Å². The van der Waals surface area contributed by atoms with E-state index in [2.05, 4.69) is 26.6 Å². The maximum absolute atomic E-state index is 11.7. The Morgan fingerprint density at radius 3 is 2.63 bits per heavy atom. The molecular formula is C13H18BrClN2O2. The molecule has 1 aliphatic heterocycles. The van der Waals surface area contributed by atoms with E-state index in [4.69, 9.17) is 0 Å². The van der Waals surface area contributed by atoms with Gasteiger partial charge in [-0.3, -0.25) is 4.79 Å². The van der Waals surface area contributed by atoms with Gasteiger partial charge >= 0.3 is 0 Å². The van der Waals surface area contributed by atoms with Gasteiger partial charge < -0.3 is 15.7 Å². The average Bonchev–Trinajstić information content (AvgIpc) is 2.75. The van der Waals surface area contributed by atoms with Gasteiger partial charge in [-0.15, -0.1) is 12.4 Å². The van der Waals surface area contributed by atoms with Crippen LogP contribution in [0.15, 0.2) is 28.7 Å². The number of aliphatic hydroxyl groups excluding tert-OH is 1. The van der Waals surface area contributed by atoms with Gasteiger partial charge in [0.15, 0.2) is 0 Å². The molecule has 2 atom stereocenters. The van der Waals surface area contributed by atoms with Crippen LogP contribution in [-0.2, 0) is 11.2 Å². The third kappa shape index (κ3) is 5.10. The molecule has 1 aliphatic rings. The number of nitrogens with one attached hydrogen (secondary N) is 2. The van der Waals surface area contributed by atoms with Gasteiger partial charge in [0.05, 0.1) is 12.5 Å². The van der Waals surface area contributed by atoms with Crippen LogP contribution in [0.25, 0.3) is 0 Å². The molecule has 1 amide bonds. The molecule has 0 spiro atoms. The first-order chi connectivity index (χ1) is 8.65. The molecule has 1 aromatic carbocycles. The third-order valence-corrected chi connectivity index (χ3v) is 3.67. The van der Waals surface area contributed by atoms with Crippen molar-refractivity contribution in [2.75, 3.05) is 19.6 Å². The number of carbonyl (C=O) groups excluding carboxylic acids is 1. The van der Waals surface area contributed by atoms with E-state index in [0.717, 1.165) is 16.6 Å². The van der Waals surface area contributed by atoms with Gasteiger partial charge in [-0.1, -0.05) is 28.1 Å². The van der Waals surface area contributed by atoms with E-state index >= 15 is 0 Å². The summed E-state index contributed by atoms with van der Waals surface area (Å²) in [5.41, 5.74) is 0.987. The van der Waals surface area contributed by atoms with Gasteiger partial charge in [-0.05, 0) is 17.7 Å². The molecule has 0 radical (unpaired) electrons. The lowest BCUT2D eigenvalue weighted by molar-refractivity contribution is -0.120. The molecule has 0 aliphatic carbocycles. The lowest BCUT2D eigenvalue weighted by Gasteiger charge is -2.14. The molecule has 2 rings (SSSR count). The molecular weight excluding hydrogens is 332 g/mol. The van der Waals surface area contributed by atoms with Crippen molar-refractivity contribution in [2.45, 2.75) is 12.5 Å². The molecule has 1 aromatic rings. The van der Waals surface area contributed by atoms with Gasteiger partial charge in [0.2, 0.25) is 5.91 Å². The van der Waals surface area contributed by atoms with Crippen molar-refractivity contribution in [1.29, 1.82) is 0 Å². The molecule has 1 heterocycles. The summed E-state index contributed by atoms with van der Waals surface area (Å²) in [5.74, 6) is 0.121. The second kappa shape index (κ2) is 7.85. The standard InChI is InChI=1S/C13H17BrN2O2.ClH/c14-11-3-1-9(2-4-11)5-13(18)16-7-10-6-15-8-12(10)17;/h1-4,10,12,15,17H,5-8H2,(H,16,18);1H. The summed E-state index contributed by atoms with van der Waals surface area (Å²) in [4.78, 5) is 11.7. The summed E-state index contributed by atoms with van der Waals surface area (Å²) >= 11 is 3.36. The van der Waals surface area contributed by atoms with Crippen LogP contribution in [0.1, 0.15) is 5.56 Å². The molecule has 4 nitrogen and oxygen atoms in total. The highest BCUT2D eigenvalue weighted by atomic mass is 79.9. The topological polar surface area (TPSA) is 61.4 Å².